The van der Waals surface area contributed by atoms with E-state index in [1.807, 2.05) is 42.8 Å². The zero-order valence-electron chi connectivity index (χ0n) is 14.1. The van der Waals surface area contributed by atoms with Gasteiger partial charge in [-0.3, -0.25) is 4.79 Å². The monoisotopic (exact) mass is 299 g/mol. The van der Waals surface area contributed by atoms with Crippen LogP contribution in [0.15, 0.2) is 36.4 Å². The minimum absolute atomic E-state index is 0.0837. The van der Waals surface area contributed by atoms with Crippen LogP contribution >= 0.6 is 0 Å². The van der Waals surface area contributed by atoms with Crippen LogP contribution in [0.2, 0.25) is 0 Å². The molecule has 0 saturated carbocycles. The Bertz CT molecular complexity index is 641. The molecule has 1 aromatic heterocycles. The van der Waals surface area contributed by atoms with Crippen molar-refractivity contribution in [2.75, 3.05) is 16.8 Å². The standard InChI is InChI=1S/C18H25N3O/c1-6-21(13(2)3)16-10-8-15(9-11-16)19-18(22)17-12-7-14(4)20(17)5/h7-13H,6H2,1-5H3,(H,19,22). The van der Waals surface area contributed by atoms with Crippen LogP contribution in [0.3, 0.4) is 0 Å². The summed E-state index contributed by atoms with van der Waals surface area (Å²) in [5.41, 5.74) is 3.72. The van der Waals surface area contributed by atoms with Crippen molar-refractivity contribution in [2.24, 2.45) is 7.05 Å². The molecule has 118 valence electrons. The zero-order valence-corrected chi connectivity index (χ0v) is 14.1. The Balaban J connectivity index is 2.11. The van der Waals surface area contributed by atoms with E-state index in [2.05, 4.69) is 43.1 Å². The fourth-order valence-electron chi connectivity index (χ4n) is 2.62. The Morgan fingerprint density at radius 1 is 1.18 bits per heavy atom. The molecule has 1 aromatic carbocycles. The second kappa shape index (κ2) is 6.69. The molecule has 1 amide bonds. The highest BCUT2D eigenvalue weighted by molar-refractivity contribution is 6.03. The van der Waals surface area contributed by atoms with Crippen LogP contribution in [0.4, 0.5) is 11.4 Å². The molecule has 0 atom stereocenters. The van der Waals surface area contributed by atoms with Crippen molar-refractivity contribution in [2.45, 2.75) is 33.7 Å². The lowest BCUT2D eigenvalue weighted by Gasteiger charge is -2.27. The van der Waals surface area contributed by atoms with Crippen molar-refractivity contribution in [1.82, 2.24) is 4.57 Å². The summed E-state index contributed by atoms with van der Waals surface area (Å²) in [5, 5.41) is 2.95. The summed E-state index contributed by atoms with van der Waals surface area (Å²) in [6.45, 7) is 9.45. The first-order valence-corrected chi connectivity index (χ1v) is 7.74. The predicted octanol–water partition coefficient (Wildman–Crippen LogP) is 3.82. The second-order valence-electron chi connectivity index (χ2n) is 5.80. The number of carbonyl (C=O) groups is 1. The van der Waals surface area contributed by atoms with Gasteiger partial charge in [0, 0.05) is 36.7 Å². The summed E-state index contributed by atoms with van der Waals surface area (Å²) in [4.78, 5) is 14.6. The van der Waals surface area contributed by atoms with E-state index in [1.54, 1.807) is 0 Å². The third-order valence-corrected chi connectivity index (χ3v) is 4.03. The Morgan fingerprint density at radius 2 is 1.82 bits per heavy atom. The molecule has 4 heteroatoms. The number of carbonyl (C=O) groups excluding carboxylic acids is 1. The van der Waals surface area contributed by atoms with E-state index in [0.717, 1.165) is 17.9 Å². The molecule has 22 heavy (non-hydrogen) atoms. The molecule has 0 aliphatic rings. The van der Waals surface area contributed by atoms with Crippen LogP contribution in [0, 0.1) is 6.92 Å². The smallest absolute Gasteiger partial charge is 0.272 e. The summed E-state index contributed by atoms with van der Waals surface area (Å²) in [6.07, 6.45) is 0. The number of aryl methyl sites for hydroxylation is 1. The van der Waals surface area contributed by atoms with Crippen LogP contribution < -0.4 is 10.2 Å². The predicted molar refractivity (Wildman–Crippen MR) is 92.7 cm³/mol. The molecule has 2 aromatic rings. The van der Waals surface area contributed by atoms with Gasteiger partial charge in [0.1, 0.15) is 5.69 Å². The maximum absolute atomic E-state index is 12.3. The van der Waals surface area contributed by atoms with Crippen molar-refractivity contribution in [3.05, 3.63) is 47.8 Å². The van der Waals surface area contributed by atoms with E-state index in [0.29, 0.717) is 11.7 Å². The summed E-state index contributed by atoms with van der Waals surface area (Å²) < 4.78 is 1.89. The van der Waals surface area contributed by atoms with Crippen LogP contribution in [0.5, 0.6) is 0 Å². The summed E-state index contributed by atoms with van der Waals surface area (Å²) in [6, 6.07) is 12.3. The van der Waals surface area contributed by atoms with E-state index in [1.165, 1.54) is 5.69 Å². The lowest BCUT2D eigenvalue weighted by atomic mass is 10.2. The highest BCUT2D eigenvalue weighted by atomic mass is 16.1. The number of benzene rings is 1. The summed E-state index contributed by atoms with van der Waals surface area (Å²) in [5.74, 6) is -0.0837. The number of rotatable bonds is 5. The molecular formula is C18H25N3O. The zero-order chi connectivity index (χ0) is 16.3. The molecule has 0 unspecified atom stereocenters. The van der Waals surface area contributed by atoms with Gasteiger partial charge in [-0.15, -0.1) is 0 Å². The summed E-state index contributed by atoms with van der Waals surface area (Å²) >= 11 is 0. The van der Waals surface area contributed by atoms with E-state index < -0.39 is 0 Å². The molecule has 4 nitrogen and oxygen atoms in total. The number of hydrogen-bond acceptors (Lipinski definition) is 2. The number of amides is 1. The molecule has 0 aliphatic carbocycles. The average Bonchev–Trinajstić information content (AvgIpc) is 2.81. The Kier molecular flexibility index (Phi) is 4.91. The van der Waals surface area contributed by atoms with Crippen molar-refractivity contribution in [3.63, 3.8) is 0 Å². The molecule has 1 N–H and O–H groups in total. The van der Waals surface area contributed by atoms with Crippen molar-refractivity contribution in [1.29, 1.82) is 0 Å². The van der Waals surface area contributed by atoms with E-state index in [9.17, 15) is 4.79 Å². The molecule has 0 saturated heterocycles. The van der Waals surface area contributed by atoms with Crippen molar-refractivity contribution >= 4 is 17.3 Å². The fourth-order valence-corrected chi connectivity index (χ4v) is 2.62. The molecule has 0 bridgehead atoms. The van der Waals surface area contributed by atoms with Crippen molar-refractivity contribution in [3.8, 4) is 0 Å². The van der Waals surface area contributed by atoms with Gasteiger partial charge in [-0.25, -0.2) is 0 Å². The largest absolute Gasteiger partial charge is 0.369 e. The first-order chi connectivity index (χ1) is 10.4. The Hall–Kier alpha value is -2.23. The quantitative estimate of drug-likeness (QED) is 0.911. The molecule has 0 radical (unpaired) electrons. The van der Waals surface area contributed by atoms with Gasteiger partial charge < -0.3 is 14.8 Å². The summed E-state index contributed by atoms with van der Waals surface area (Å²) in [7, 11) is 1.90. The minimum atomic E-state index is -0.0837. The topological polar surface area (TPSA) is 37.3 Å². The number of nitrogens with zero attached hydrogens (tertiary/aromatic N) is 2. The molecule has 0 aliphatic heterocycles. The Labute approximate surface area is 132 Å². The van der Waals surface area contributed by atoms with E-state index in [4.69, 9.17) is 0 Å². The van der Waals surface area contributed by atoms with E-state index in [-0.39, 0.29) is 5.91 Å². The van der Waals surface area contributed by atoms with Crippen LogP contribution in [0.1, 0.15) is 37.0 Å². The Morgan fingerprint density at radius 3 is 2.27 bits per heavy atom. The SMILES string of the molecule is CCN(c1ccc(NC(=O)c2ccc(C)n2C)cc1)C(C)C. The number of nitrogens with one attached hydrogen (secondary N) is 1. The molecule has 1 heterocycles. The lowest BCUT2D eigenvalue weighted by Crippen LogP contribution is -2.30. The number of aromatic nitrogens is 1. The van der Waals surface area contributed by atoms with Crippen LogP contribution in [0.25, 0.3) is 0 Å². The first kappa shape index (κ1) is 16.1. The van der Waals surface area contributed by atoms with Gasteiger partial charge >= 0.3 is 0 Å². The molecule has 0 spiro atoms. The van der Waals surface area contributed by atoms with Crippen molar-refractivity contribution < 1.29 is 4.79 Å². The van der Waals surface area contributed by atoms with Crippen LogP contribution in [-0.4, -0.2) is 23.1 Å². The van der Waals surface area contributed by atoms with Gasteiger partial charge in [0.05, 0.1) is 0 Å². The second-order valence-corrected chi connectivity index (χ2v) is 5.80. The normalized spacial score (nSPS) is 10.8. The molecule has 0 fully saturated rings. The maximum atomic E-state index is 12.3. The van der Waals surface area contributed by atoms with Crippen LogP contribution in [-0.2, 0) is 7.05 Å². The highest BCUT2D eigenvalue weighted by Gasteiger charge is 2.12. The molecular weight excluding hydrogens is 274 g/mol. The van der Waals surface area contributed by atoms with Gasteiger partial charge in [-0.2, -0.15) is 0 Å². The number of hydrogen-bond donors (Lipinski definition) is 1. The third-order valence-electron chi connectivity index (χ3n) is 4.03. The fraction of sp³-hybridized carbons (Fsp3) is 0.389. The average molecular weight is 299 g/mol. The van der Waals surface area contributed by atoms with Gasteiger partial charge in [-0.05, 0) is 64.1 Å². The highest BCUT2D eigenvalue weighted by Crippen LogP contribution is 2.20. The van der Waals surface area contributed by atoms with Gasteiger partial charge in [0.15, 0.2) is 0 Å². The van der Waals surface area contributed by atoms with Gasteiger partial charge in [0.2, 0.25) is 0 Å². The minimum Gasteiger partial charge on any atom is -0.369 e. The lowest BCUT2D eigenvalue weighted by molar-refractivity contribution is 0.101. The molecule has 2 rings (SSSR count). The number of anilines is 2. The van der Waals surface area contributed by atoms with Gasteiger partial charge in [-0.1, -0.05) is 0 Å². The first-order valence-electron chi connectivity index (χ1n) is 7.74. The third kappa shape index (κ3) is 3.32. The van der Waals surface area contributed by atoms with E-state index >= 15 is 0 Å². The maximum Gasteiger partial charge on any atom is 0.272 e. The van der Waals surface area contributed by atoms with Gasteiger partial charge in [0.25, 0.3) is 5.91 Å².